The third-order valence-corrected chi connectivity index (χ3v) is 1.69. The molecule has 1 atom stereocenters. The highest BCUT2D eigenvalue weighted by atomic mass is 35.5. The molecule has 0 aliphatic rings. The van der Waals surface area contributed by atoms with Crippen molar-refractivity contribution in [3.63, 3.8) is 0 Å². The normalized spacial score (nSPS) is 13.5. The first kappa shape index (κ1) is 10.2. The van der Waals surface area contributed by atoms with E-state index in [2.05, 4.69) is 11.8 Å². The number of hydrogen-bond acceptors (Lipinski definition) is 2. The van der Waals surface area contributed by atoms with Crippen molar-refractivity contribution in [2.24, 2.45) is 0 Å². The van der Waals surface area contributed by atoms with E-state index in [-0.39, 0.29) is 6.10 Å². The number of rotatable bonds is 6. The summed E-state index contributed by atoms with van der Waals surface area (Å²) in [5.41, 5.74) is 0. The van der Waals surface area contributed by atoms with Gasteiger partial charge in [-0.25, -0.2) is 4.89 Å². The molecule has 62 valence electrons. The number of alkyl halides is 1. The summed E-state index contributed by atoms with van der Waals surface area (Å²) in [5.74, 6) is 0.642. The van der Waals surface area contributed by atoms with E-state index in [9.17, 15) is 0 Å². The van der Waals surface area contributed by atoms with Gasteiger partial charge in [0.1, 0.15) is 0 Å². The molecule has 0 aromatic carbocycles. The first-order valence-electron chi connectivity index (χ1n) is 3.71. The molecule has 0 heterocycles. The highest BCUT2D eigenvalue weighted by molar-refractivity contribution is 6.17. The SMILES string of the molecule is CCCC(CCCCl)OO. The second kappa shape index (κ2) is 7.32. The molecule has 0 aliphatic carbocycles. The Hall–Kier alpha value is 0.210. The van der Waals surface area contributed by atoms with Crippen molar-refractivity contribution in [2.75, 3.05) is 5.88 Å². The molecule has 1 unspecified atom stereocenters. The fraction of sp³-hybridized carbons (Fsp3) is 1.00. The first-order chi connectivity index (χ1) is 4.85. The van der Waals surface area contributed by atoms with Crippen LogP contribution in [0.1, 0.15) is 32.6 Å². The van der Waals surface area contributed by atoms with Crippen molar-refractivity contribution in [3.8, 4) is 0 Å². The Bertz CT molecular complexity index is 68.6. The average Bonchev–Trinajstić information content (AvgIpc) is 1.98. The van der Waals surface area contributed by atoms with Crippen molar-refractivity contribution < 1.29 is 10.1 Å². The molecule has 0 amide bonds. The van der Waals surface area contributed by atoms with Crippen molar-refractivity contribution >= 4 is 11.6 Å². The van der Waals surface area contributed by atoms with Crippen LogP contribution in [0.5, 0.6) is 0 Å². The van der Waals surface area contributed by atoms with Gasteiger partial charge in [0.15, 0.2) is 0 Å². The fourth-order valence-corrected chi connectivity index (χ4v) is 1.03. The standard InChI is InChI=1S/C7H15ClO2/c1-2-4-7(10-9)5-3-6-8/h7,9H,2-6H2,1H3. The van der Waals surface area contributed by atoms with Gasteiger partial charge in [-0.2, -0.15) is 0 Å². The third-order valence-electron chi connectivity index (χ3n) is 1.42. The van der Waals surface area contributed by atoms with Crippen LogP contribution < -0.4 is 0 Å². The lowest BCUT2D eigenvalue weighted by atomic mass is 10.1. The van der Waals surface area contributed by atoms with E-state index in [1.807, 2.05) is 0 Å². The molecule has 0 aromatic rings. The Morgan fingerprint density at radius 2 is 2.20 bits per heavy atom. The molecule has 0 bridgehead atoms. The van der Waals surface area contributed by atoms with Crippen LogP contribution in [0, 0.1) is 0 Å². The first-order valence-corrected chi connectivity index (χ1v) is 4.24. The van der Waals surface area contributed by atoms with Crippen LogP contribution in [0.25, 0.3) is 0 Å². The zero-order valence-electron chi connectivity index (χ0n) is 6.35. The van der Waals surface area contributed by atoms with Gasteiger partial charge in [0.2, 0.25) is 0 Å². The van der Waals surface area contributed by atoms with E-state index < -0.39 is 0 Å². The summed E-state index contributed by atoms with van der Waals surface area (Å²) >= 11 is 5.47. The molecule has 2 nitrogen and oxygen atoms in total. The predicted octanol–water partition coefficient (Wildman–Crippen LogP) is 2.66. The van der Waals surface area contributed by atoms with Crippen LogP contribution in [0.15, 0.2) is 0 Å². The number of hydrogen-bond donors (Lipinski definition) is 1. The second-order valence-electron chi connectivity index (χ2n) is 2.35. The quantitative estimate of drug-likeness (QED) is 0.374. The highest BCUT2D eigenvalue weighted by Gasteiger charge is 2.05. The molecule has 0 aliphatic heterocycles. The molecule has 0 saturated heterocycles. The summed E-state index contributed by atoms with van der Waals surface area (Å²) in [4.78, 5) is 4.23. The maximum atomic E-state index is 8.34. The maximum Gasteiger partial charge on any atom is 0.0927 e. The summed E-state index contributed by atoms with van der Waals surface area (Å²) in [6, 6.07) is 0. The van der Waals surface area contributed by atoms with E-state index >= 15 is 0 Å². The van der Waals surface area contributed by atoms with Gasteiger partial charge in [-0.1, -0.05) is 13.3 Å². The summed E-state index contributed by atoms with van der Waals surface area (Å²) in [6.45, 7) is 2.06. The van der Waals surface area contributed by atoms with Gasteiger partial charge in [-0.3, -0.25) is 5.26 Å². The lowest BCUT2D eigenvalue weighted by Gasteiger charge is -2.09. The van der Waals surface area contributed by atoms with Crippen LogP contribution >= 0.6 is 11.6 Å². The number of halogens is 1. The molecule has 1 N–H and O–H groups in total. The molecule has 0 radical (unpaired) electrons. The summed E-state index contributed by atoms with van der Waals surface area (Å²) in [7, 11) is 0. The van der Waals surface area contributed by atoms with Crippen LogP contribution in [0.3, 0.4) is 0 Å². The third kappa shape index (κ3) is 5.03. The molecule has 0 rings (SSSR count). The Morgan fingerprint density at radius 3 is 2.60 bits per heavy atom. The molecule has 0 saturated carbocycles. The van der Waals surface area contributed by atoms with E-state index in [1.54, 1.807) is 0 Å². The Morgan fingerprint density at radius 1 is 1.50 bits per heavy atom. The van der Waals surface area contributed by atoms with Gasteiger partial charge in [0, 0.05) is 5.88 Å². The smallest absolute Gasteiger partial charge is 0.0927 e. The summed E-state index contributed by atoms with van der Waals surface area (Å²) in [6.07, 6.45) is 3.70. The van der Waals surface area contributed by atoms with Crippen molar-refractivity contribution in [1.82, 2.24) is 0 Å². The van der Waals surface area contributed by atoms with Crippen LogP contribution in [0.2, 0.25) is 0 Å². The Labute approximate surface area is 67.1 Å². The summed E-state index contributed by atoms with van der Waals surface area (Å²) in [5, 5.41) is 8.34. The van der Waals surface area contributed by atoms with Gasteiger partial charge >= 0.3 is 0 Å². The van der Waals surface area contributed by atoms with Crippen molar-refractivity contribution in [1.29, 1.82) is 0 Å². The molecule has 10 heavy (non-hydrogen) atoms. The minimum absolute atomic E-state index is 0.0104. The van der Waals surface area contributed by atoms with Gasteiger partial charge < -0.3 is 0 Å². The second-order valence-corrected chi connectivity index (χ2v) is 2.73. The molecule has 0 aromatic heterocycles. The molecular weight excluding hydrogens is 152 g/mol. The van der Waals surface area contributed by atoms with E-state index in [0.717, 1.165) is 25.7 Å². The van der Waals surface area contributed by atoms with Gasteiger partial charge in [0.25, 0.3) is 0 Å². The topological polar surface area (TPSA) is 29.5 Å². The average molecular weight is 167 g/mol. The molecule has 0 spiro atoms. The summed E-state index contributed by atoms with van der Waals surface area (Å²) < 4.78 is 0. The lowest BCUT2D eigenvalue weighted by molar-refractivity contribution is -0.281. The minimum Gasteiger partial charge on any atom is -0.252 e. The largest absolute Gasteiger partial charge is 0.252 e. The van der Waals surface area contributed by atoms with E-state index in [1.165, 1.54) is 0 Å². The molecular formula is C7H15ClO2. The Kier molecular flexibility index (Phi) is 7.47. The van der Waals surface area contributed by atoms with Gasteiger partial charge in [-0.05, 0) is 19.3 Å². The molecule has 0 fully saturated rings. The monoisotopic (exact) mass is 166 g/mol. The van der Waals surface area contributed by atoms with Crippen LogP contribution in [-0.2, 0) is 4.89 Å². The lowest BCUT2D eigenvalue weighted by Crippen LogP contribution is -2.10. The predicted molar refractivity (Wildman–Crippen MR) is 42.4 cm³/mol. The maximum absolute atomic E-state index is 8.34. The van der Waals surface area contributed by atoms with Crippen LogP contribution in [0.4, 0.5) is 0 Å². The van der Waals surface area contributed by atoms with Crippen molar-refractivity contribution in [3.05, 3.63) is 0 Å². The van der Waals surface area contributed by atoms with Crippen molar-refractivity contribution in [2.45, 2.75) is 38.7 Å². The van der Waals surface area contributed by atoms with E-state index in [4.69, 9.17) is 16.9 Å². The van der Waals surface area contributed by atoms with Crippen LogP contribution in [-0.4, -0.2) is 17.2 Å². The minimum atomic E-state index is -0.0104. The zero-order chi connectivity index (χ0) is 7.82. The zero-order valence-corrected chi connectivity index (χ0v) is 7.10. The highest BCUT2D eigenvalue weighted by Crippen LogP contribution is 2.08. The van der Waals surface area contributed by atoms with E-state index in [0.29, 0.717) is 5.88 Å². The molecule has 3 heteroatoms. The van der Waals surface area contributed by atoms with Gasteiger partial charge in [-0.15, -0.1) is 11.6 Å². The Balaban J connectivity index is 3.21. The fourth-order valence-electron chi connectivity index (χ4n) is 0.877. The van der Waals surface area contributed by atoms with Gasteiger partial charge in [0.05, 0.1) is 6.10 Å².